The highest BCUT2D eigenvalue weighted by Crippen LogP contribution is 2.35. The maximum Gasteiger partial charge on any atom is 0.355 e. The number of carbonyl (C=O) groups is 2. The number of halogens is 1. The Morgan fingerprint density at radius 3 is 2.46 bits per heavy atom. The first-order valence-corrected chi connectivity index (χ1v) is 9.46. The van der Waals surface area contributed by atoms with Gasteiger partial charge in [0.15, 0.2) is 0 Å². The monoisotopic (exact) mass is 388 g/mol. The molecule has 0 radical (unpaired) electrons. The van der Waals surface area contributed by atoms with Crippen LogP contribution >= 0.6 is 22.9 Å². The van der Waals surface area contributed by atoms with Crippen molar-refractivity contribution in [2.24, 2.45) is 0 Å². The van der Waals surface area contributed by atoms with Crippen LogP contribution in [-0.2, 0) is 4.74 Å². The minimum Gasteiger partial charge on any atom is -0.462 e. The van der Waals surface area contributed by atoms with Gasteiger partial charge in [-0.15, -0.1) is 11.3 Å². The molecule has 0 aliphatic heterocycles. The Kier molecular flexibility index (Phi) is 5.91. The van der Waals surface area contributed by atoms with Crippen LogP contribution in [0, 0.1) is 0 Å². The standard InChI is InChI=1S/C20H17ClO4S/c1-2-3-12-24-19(22)13-8-10-14(11-9-13)25-20(23)18-17(21)15-6-4-5-7-16(15)26-18/h4-11H,2-3,12H2,1H3. The molecule has 0 saturated heterocycles. The maximum atomic E-state index is 12.4. The third kappa shape index (κ3) is 4.06. The topological polar surface area (TPSA) is 52.6 Å². The summed E-state index contributed by atoms with van der Waals surface area (Å²) in [5.41, 5.74) is 0.417. The molecule has 3 aromatic rings. The molecule has 0 bridgehead atoms. The van der Waals surface area contributed by atoms with Gasteiger partial charge in [-0.3, -0.25) is 0 Å². The number of carbonyl (C=O) groups excluding carboxylic acids is 2. The van der Waals surface area contributed by atoms with Gasteiger partial charge in [-0.25, -0.2) is 9.59 Å². The van der Waals surface area contributed by atoms with Gasteiger partial charge >= 0.3 is 11.9 Å². The normalized spacial score (nSPS) is 10.7. The summed E-state index contributed by atoms with van der Waals surface area (Å²) < 4.78 is 11.5. The van der Waals surface area contributed by atoms with Gasteiger partial charge in [-0.2, -0.15) is 0 Å². The number of esters is 2. The Bertz CT molecular complexity index is 931. The van der Waals surface area contributed by atoms with Crippen molar-refractivity contribution in [3.05, 3.63) is 64.0 Å². The number of rotatable bonds is 6. The third-order valence-corrected chi connectivity index (χ3v) is 5.41. The molecule has 2 aromatic carbocycles. The van der Waals surface area contributed by atoms with Crippen molar-refractivity contribution in [2.75, 3.05) is 6.61 Å². The van der Waals surface area contributed by atoms with Gasteiger partial charge in [0.2, 0.25) is 0 Å². The number of ether oxygens (including phenoxy) is 2. The number of unbranched alkanes of at least 4 members (excludes halogenated alkanes) is 1. The minimum absolute atomic E-state index is 0.341. The summed E-state index contributed by atoms with van der Waals surface area (Å²) in [6.45, 7) is 2.43. The van der Waals surface area contributed by atoms with Gasteiger partial charge in [0, 0.05) is 10.1 Å². The second-order valence-electron chi connectivity index (χ2n) is 5.64. The molecular formula is C20H17ClO4S. The first-order chi connectivity index (χ1) is 12.6. The van der Waals surface area contributed by atoms with E-state index in [9.17, 15) is 9.59 Å². The van der Waals surface area contributed by atoms with E-state index >= 15 is 0 Å². The maximum absolute atomic E-state index is 12.4. The van der Waals surface area contributed by atoms with Crippen LogP contribution in [0.1, 0.15) is 39.8 Å². The SMILES string of the molecule is CCCCOC(=O)c1ccc(OC(=O)c2sc3ccccc3c2Cl)cc1. The number of hydrogen-bond donors (Lipinski definition) is 0. The molecular weight excluding hydrogens is 372 g/mol. The van der Waals surface area contributed by atoms with Crippen LogP contribution in [0.5, 0.6) is 5.75 Å². The number of fused-ring (bicyclic) bond motifs is 1. The Morgan fingerprint density at radius 2 is 1.77 bits per heavy atom. The van der Waals surface area contributed by atoms with Crippen molar-refractivity contribution in [3.8, 4) is 5.75 Å². The summed E-state index contributed by atoms with van der Waals surface area (Å²) in [6, 6.07) is 13.8. The Balaban J connectivity index is 1.69. The van der Waals surface area contributed by atoms with Crippen molar-refractivity contribution in [3.63, 3.8) is 0 Å². The molecule has 1 aromatic heterocycles. The Labute approximate surface area is 160 Å². The molecule has 0 atom stereocenters. The lowest BCUT2D eigenvalue weighted by Crippen LogP contribution is -2.08. The summed E-state index contributed by atoms with van der Waals surface area (Å²) in [4.78, 5) is 24.6. The molecule has 0 N–H and O–H groups in total. The fourth-order valence-corrected chi connectivity index (χ4v) is 3.74. The number of benzene rings is 2. The van der Waals surface area contributed by atoms with Crippen LogP contribution in [0.4, 0.5) is 0 Å². The van der Waals surface area contributed by atoms with Crippen LogP contribution in [0.3, 0.4) is 0 Å². The van der Waals surface area contributed by atoms with E-state index in [0.29, 0.717) is 27.8 Å². The highest BCUT2D eigenvalue weighted by Gasteiger charge is 2.19. The molecule has 4 nitrogen and oxygen atoms in total. The highest BCUT2D eigenvalue weighted by molar-refractivity contribution is 7.21. The van der Waals surface area contributed by atoms with Crippen molar-refractivity contribution < 1.29 is 19.1 Å². The van der Waals surface area contributed by atoms with E-state index in [1.54, 1.807) is 24.3 Å². The summed E-state index contributed by atoms with van der Waals surface area (Å²) in [5, 5.41) is 1.23. The van der Waals surface area contributed by atoms with Crippen LogP contribution in [0.2, 0.25) is 5.02 Å². The van der Waals surface area contributed by atoms with E-state index < -0.39 is 5.97 Å². The Morgan fingerprint density at radius 1 is 1.04 bits per heavy atom. The van der Waals surface area contributed by atoms with E-state index in [-0.39, 0.29) is 5.97 Å². The molecule has 0 unspecified atom stereocenters. The van der Waals surface area contributed by atoms with E-state index in [4.69, 9.17) is 21.1 Å². The van der Waals surface area contributed by atoms with Gasteiger partial charge in [0.1, 0.15) is 10.6 Å². The van der Waals surface area contributed by atoms with Gasteiger partial charge in [0.05, 0.1) is 17.2 Å². The zero-order valence-corrected chi connectivity index (χ0v) is 15.7. The average Bonchev–Trinajstić information content (AvgIpc) is 3.00. The summed E-state index contributed by atoms with van der Waals surface area (Å²) >= 11 is 7.58. The molecule has 26 heavy (non-hydrogen) atoms. The predicted octanol–water partition coefficient (Wildman–Crippen LogP) is 5.73. The molecule has 3 rings (SSSR count). The zero-order valence-electron chi connectivity index (χ0n) is 14.2. The minimum atomic E-state index is -0.519. The van der Waals surface area contributed by atoms with Crippen molar-refractivity contribution >= 4 is 45.0 Å². The predicted molar refractivity (Wildman–Crippen MR) is 103 cm³/mol. The molecule has 0 amide bonds. The lowest BCUT2D eigenvalue weighted by Gasteiger charge is -2.06. The second-order valence-corrected chi connectivity index (χ2v) is 7.07. The van der Waals surface area contributed by atoms with Gasteiger partial charge in [0.25, 0.3) is 0 Å². The largest absolute Gasteiger partial charge is 0.462 e. The van der Waals surface area contributed by atoms with Crippen LogP contribution in [0.25, 0.3) is 10.1 Å². The van der Waals surface area contributed by atoms with E-state index in [1.807, 2.05) is 31.2 Å². The summed E-state index contributed by atoms with van der Waals surface area (Å²) in [5.74, 6) is -0.563. The molecule has 0 spiro atoms. The number of hydrogen-bond acceptors (Lipinski definition) is 5. The van der Waals surface area contributed by atoms with Crippen molar-refractivity contribution in [1.82, 2.24) is 0 Å². The van der Waals surface area contributed by atoms with Crippen LogP contribution in [-0.4, -0.2) is 18.5 Å². The van der Waals surface area contributed by atoms with Gasteiger partial charge in [-0.05, 0) is 36.8 Å². The summed E-state index contributed by atoms with van der Waals surface area (Å²) in [7, 11) is 0. The lowest BCUT2D eigenvalue weighted by molar-refractivity contribution is 0.0499. The smallest absolute Gasteiger partial charge is 0.355 e. The molecule has 134 valence electrons. The second kappa shape index (κ2) is 8.34. The molecule has 0 fully saturated rings. The highest BCUT2D eigenvalue weighted by atomic mass is 35.5. The van der Waals surface area contributed by atoms with E-state index in [0.717, 1.165) is 22.9 Å². The first-order valence-electron chi connectivity index (χ1n) is 8.26. The zero-order chi connectivity index (χ0) is 18.5. The third-order valence-electron chi connectivity index (χ3n) is 3.75. The average molecular weight is 389 g/mol. The van der Waals surface area contributed by atoms with Crippen molar-refractivity contribution in [1.29, 1.82) is 0 Å². The van der Waals surface area contributed by atoms with Crippen LogP contribution < -0.4 is 4.74 Å². The lowest BCUT2D eigenvalue weighted by atomic mass is 10.2. The fraction of sp³-hybridized carbons (Fsp3) is 0.200. The van der Waals surface area contributed by atoms with Gasteiger partial charge < -0.3 is 9.47 Å². The molecule has 0 aliphatic carbocycles. The van der Waals surface area contributed by atoms with E-state index in [1.165, 1.54) is 11.3 Å². The first kappa shape index (κ1) is 18.4. The van der Waals surface area contributed by atoms with Gasteiger partial charge in [-0.1, -0.05) is 43.1 Å². The van der Waals surface area contributed by atoms with Crippen LogP contribution in [0.15, 0.2) is 48.5 Å². The van der Waals surface area contributed by atoms with Crippen molar-refractivity contribution in [2.45, 2.75) is 19.8 Å². The molecule has 0 aliphatic rings. The summed E-state index contributed by atoms with van der Waals surface area (Å²) in [6.07, 6.45) is 1.79. The fourth-order valence-electron chi connectivity index (χ4n) is 2.35. The molecule has 6 heteroatoms. The molecule has 1 heterocycles. The van der Waals surface area contributed by atoms with E-state index in [2.05, 4.69) is 0 Å². The molecule has 0 saturated carbocycles. The Hall–Kier alpha value is -2.37. The quantitative estimate of drug-likeness (QED) is 0.307. The number of thiophene rings is 1.